The normalized spacial score (nSPS) is 10.3. The van der Waals surface area contributed by atoms with Crippen molar-refractivity contribution in [3.8, 4) is 0 Å². The second-order valence-corrected chi connectivity index (χ2v) is 5.87. The highest BCUT2D eigenvalue weighted by atomic mass is 16.2. The Morgan fingerprint density at radius 3 is 2.42 bits per heavy atom. The lowest BCUT2D eigenvalue weighted by Gasteiger charge is -2.09. The summed E-state index contributed by atoms with van der Waals surface area (Å²) in [5, 5.41) is 5.66. The van der Waals surface area contributed by atoms with Gasteiger partial charge in [-0.05, 0) is 55.7 Å². The summed E-state index contributed by atoms with van der Waals surface area (Å²) in [6.45, 7) is 6.63. The number of aryl methyl sites for hydroxylation is 2. The van der Waals surface area contributed by atoms with Crippen molar-refractivity contribution in [2.75, 3.05) is 11.9 Å². The predicted molar refractivity (Wildman–Crippen MR) is 95.3 cm³/mol. The molecule has 2 N–H and O–H groups in total. The molecule has 0 atom stereocenters. The van der Waals surface area contributed by atoms with E-state index in [4.69, 9.17) is 0 Å². The van der Waals surface area contributed by atoms with Crippen LogP contribution in [0.4, 0.5) is 5.69 Å². The number of anilines is 1. The second kappa shape index (κ2) is 8.24. The first-order valence-corrected chi connectivity index (χ1v) is 8.13. The minimum Gasteiger partial charge on any atom is -0.351 e. The van der Waals surface area contributed by atoms with E-state index >= 15 is 0 Å². The van der Waals surface area contributed by atoms with Crippen molar-refractivity contribution in [3.63, 3.8) is 0 Å². The third kappa shape index (κ3) is 4.91. The molecule has 5 nitrogen and oxygen atoms in total. The number of aromatic nitrogens is 1. The summed E-state index contributed by atoms with van der Waals surface area (Å²) in [5.74, 6) is -0.519. The van der Waals surface area contributed by atoms with Crippen molar-refractivity contribution in [2.45, 2.75) is 33.6 Å². The fraction of sp³-hybridized carbons (Fsp3) is 0.316. The average molecular weight is 325 g/mol. The van der Waals surface area contributed by atoms with E-state index in [2.05, 4.69) is 22.5 Å². The predicted octanol–water partition coefficient (Wildman–Crippen LogP) is 3.48. The molecular weight excluding hydrogens is 302 g/mol. The van der Waals surface area contributed by atoms with Gasteiger partial charge in [0.2, 0.25) is 0 Å². The van der Waals surface area contributed by atoms with Gasteiger partial charge >= 0.3 is 0 Å². The van der Waals surface area contributed by atoms with Gasteiger partial charge in [0, 0.05) is 24.0 Å². The molecule has 0 fully saturated rings. The molecule has 5 heteroatoms. The maximum atomic E-state index is 12.4. The Hall–Kier alpha value is -2.69. The molecule has 126 valence electrons. The van der Waals surface area contributed by atoms with Crippen LogP contribution in [0.25, 0.3) is 0 Å². The number of benzene rings is 1. The average Bonchev–Trinajstić information content (AvgIpc) is 2.54. The molecule has 0 unspecified atom stereocenters. The van der Waals surface area contributed by atoms with Gasteiger partial charge in [-0.15, -0.1) is 0 Å². The number of amides is 2. The minimum absolute atomic E-state index is 0.249. The maximum absolute atomic E-state index is 12.4. The Bertz CT molecular complexity index is 721. The van der Waals surface area contributed by atoms with Crippen LogP contribution in [0.1, 0.15) is 51.7 Å². The molecule has 0 saturated carbocycles. The molecule has 2 rings (SSSR count). The van der Waals surface area contributed by atoms with Crippen LogP contribution in [0.5, 0.6) is 0 Å². The van der Waals surface area contributed by atoms with Gasteiger partial charge in [0.05, 0.1) is 0 Å². The number of rotatable bonds is 6. The van der Waals surface area contributed by atoms with Crippen molar-refractivity contribution in [2.24, 2.45) is 0 Å². The highest BCUT2D eigenvalue weighted by molar-refractivity contribution is 6.05. The first-order chi connectivity index (χ1) is 11.5. The van der Waals surface area contributed by atoms with E-state index in [1.807, 2.05) is 32.0 Å². The van der Waals surface area contributed by atoms with Crippen LogP contribution in [0.3, 0.4) is 0 Å². The van der Waals surface area contributed by atoms with E-state index in [0.717, 1.165) is 29.7 Å². The summed E-state index contributed by atoms with van der Waals surface area (Å²) >= 11 is 0. The van der Waals surface area contributed by atoms with E-state index in [-0.39, 0.29) is 17.5 Å². The highest BCUT2D eigenvalue weighted by Gasteiger charge is 2.12. The number of pyridine rings is 1. The molecule has 0 aliphatic rings. The van der Waals surface area contributed by atoms with E-state index < -0.39 is 0 Å². The van der Waals surface area contributed by atoms with Crippen LogP contribution in [0, 0.1) is 13.8 Å². The summed E-state index contributed by atoms with van der Waals surface area (Å²) in [6, 6.07) is 8.97. The minimum atomic E-state index is -0.260. The molecule has 2 aromatic rings. The standard InChI is InChI=1S/C19H23N3O2/c1-4-5-7-21-19(24)17-12-15(6-8-20-17)18(23)22-16-10-13(2)9-14(3)11-16/h6,8-12H,4-5,7H2,1-3H3,(H,21,24)(H,22,23). The Morgan fingerprint density at radius 2 is 1.75 bits per heavy atom. The zero-order chi connectivity index (χ0) is 17.5. The number of hydrogen-bond acceptors (Lipinski definition) is 3. The second-order valence-electron chi connectivity index (χ2n) is 5.87. The lowest BCUT2D eigenvalue weighted by molar-refractivity contribution is 0.0948. The van der Waals surface area contributed by atoms with Gasteiger partial charge in [0.15, 0.2) is 0 Å². The van der Waals surface area contributed by atoms with Crippen LogP contribution >= 0.6 is 0 Å². The molecule has 24 heavy (non-hydrogen) atoms. The number of carbonyl (C=O) groups excluding carboxylic acids is 2. The number of unbranched alkanes of at least 4 members (excludes halogenated alkanes) is 1. The van der Waals surface area contributed by atoms with Crippen LogP contribution in [-0.2, 0) is 0 Å². The van der Waals surface area contributed by atoms with Gasteiger partial charge in [-0.2, -0.15) is 0 Å². The molecule has 0 aliphatic heterocycles. The van der Waals surface area contributed by atoms with Gasteiger partial charge in [0.1, 0.15) is 5.69 Å². The molecule has 0 radical (unpaired) electrons. The smallest absolute Gasteiger partial charge is 0.269 e. The Balaban J connectivity index is 2.09. The lowest BCUT2D eigenvalue weighted by Crippen LogP contribution is -2.25. The lowest BCUT2D eigenvalue weighted by atomic mass is 10.1. The van der Waals surface area contributed by atoms with Crippen molar-refractivity contribution in [3.05, 3.63) is 58.9 Å². The van der Waals surface area contributed by atoms with E-state index in [0.29, 0.717) is 12.1 Å². The van der Waals surface area contributed by atoms with E-state index in [1.54, 1.807) is 6.07 Å². The van der Waals surface area contributed by atoms with Crippen LogP contribution in [0.15, 0.2) is 36.5 Å². The molecule has 0 saturated heterocycles. The van der Waals surface area contributed by atoms with Crippen LogP contribution < -0.4 is 10.6 Å². The van der Waals surface area contributed by atoms with Crippen molar-refractivity contribution < 1.29 is 9.59 Å². The molecule has 1 aromatic heterocycles. The zero-order valence-electron chi connectivity index (χ0n) is 14.3. The zero-order valence-corrected chi connectivity index (χ0v) is 14.3. The SMILES string of the molecule is CCCCNC(=O)c1cc(C(=O)Nc2cc(C)cc(C)c2)ccn1. The summed E-state index contributed by atoms with van der Waals surface area (Å²) < 4.78 is 0. The van der Waals surface area contributed by atoms with Gasteiger partial charge in [-0.3, -0.25) is 14.6 Å². The van der Waals surface area contributed by atoms with Gasteiger partial charge in [0.25, 0.3) is 11.8 Å². The summed E-state index contributed by atoms with van der Waals surface area (Å²) in [6.07, 6.45) is 3.40. The molecule has 1 heterocycles. The first kappa shape index (κ1) is 17.7. The van der Waals surface area contributed by atoms with Crippen molar-refractivity contribution in [1.82, 2.24) is 10.3 Å². The Morgan fingerprint density at radius 1 is 1.04 bits per heavy atom. The Kier molecular flexibility index (Phi) is 6.07. The summed E-state index contributed by atoms with van der Waals surface area (Å²) in [7, 11) is 0. The summed E-state index contributed by atoms with van der Waals surface area (Å²) in [5.41, 5.74) is 3.55. The molecular formula is C19H23N3O2. The first-order valence-electron chi connectivity index (χ1n) is 8.13. The van der Waals surface area contributed by atoms with Crippen molar-refractivity contribution in [1.29, 1.82) is 0 Å². The van der Waals surface area contributed by atoms with Gasteiger partial charge < -0.3 is 10.6 Å². The van der Waals surface area contributed by atoms with Crippen LogP contribution in [0.2, 0.25) is 0 Å². The van der Waals surface area contributed by atoms with E-state index in [9.17, 15) is 9.59 Å². The Labute approximate surface area is 142 Å². The third-order valence-corrected chi connectivity index (χ3v) is 3.55. The maximum Gasteiger partial charge on any atom is 0.269 e. The monoisotopic (exact) mass is 325 g/mol. The summed E-state index contributed by atoms with van der Waals surface area (Å²) in [4.78, 5) is 28.5. The fourth-order valence-electron chi connectivity index (χ4n) is 2.42. The van der Waals surface area contributed by atoms with Gasteiger partial charge in [-0.25, -0.2) is 0 Å². The largest absolute Gasteiger partial charge is 0.351 e. The fourth-order valence-corrected chi connectivity index (χ4v) is 2.42. The van der Waals surface area contributed by atoms with E-state index in [1.165, 1.54) is 12.3 Å². The third-order valence-electron chi connectivity index (χ3n) is 3.55. The molecule has 0 aliphatic carbocycles. The highest BCUT2D eigenvalue weighted by Crippen LogP contribution is 2.15. The molecule has 0 spiro atoms. The van der Waals surface area contributed by atoms with Crippen molar-refractivity contribution >= 4 is 17.5 Å². The number of carbonyl (C=O) groups is 2. The quantitative estimate of drug-likeness (QED) is 0.799. The van der Waals surface area contributed by atoms with Crippen LogP contribution in [-0.4, -0.2) is 23.3 Å². The molecule has 0 bridgehead atoms. The number of hydrogen-bond donors (Lipinski definition) is 2. The van der Waals surface area contributed by atoms with Gasteiger partial charge in [-0.1, -0.05) is 19.4 Å². The molecule has 1 aromatic carbocycles. The number of nitrogens with one attached hydrogen (secondary N) is 2. The molecule has 2 amide bonds. The topological polar surface area (TPSA) is 71.1 Å². The number of nitrogens with zero attached hydrogens (tertiary/aromatic N) is 1.